The topological polar surface area (TPSA) is 167 Å². The maximum atomic E-state index is 13.2. The van der Waals surface area contributed by atoms with E-state index >= 15 is 0 Å². The third-order valence-corrected chi connectivity index (χ3v) is 13.7. The molecule has 4 bridgehead atoms. The van der Waals surface area contributed by atoms with Gasteiger partial charge in [-0.2, -0.15) is 0 Å². The number of urea groups is 2. The Morgan fingerprint density at radius 1 is 0.676 bits per heavy atom. The van der Waals surface area contributed by atoms with Gasteiger partial charge in [0.2, 0.25) is 0 Å². The van der Waals surface area contributed by atoms with Gasteiger partial charge in [0, 0.05) is 73.4 Å². The SMILES string of the molecule is Cc1cc(C)c(-c2ccc3c(n2)N(C(=O)Nc2cccnc2)[C@H]2CCN3C2)cn1.Cc1cc(C)c(B2OC(C)(C)C(C)(C)O2)cn1.O=C(Nc1cccnc1)N1c2nc(Cl)ccc2N2CC[C@H]1C2. The van der Waals surface area contributed by atoms with Crippen LogP contribution in [0.25, 0.3) is 11.3 Å². The smallest absolute Gasteiger partial charge is 0.399 e. The third kappa shape index (κ3) is 9.42. The van der Waals surface area contributed by atoms with Crippen molar-refractivity contribution in [3.63, 3.8) is 0 Å². The zero-order chi connectivity index (χ0) is 47.9. The molecule has 4 amide bonds. The number of hydrogen-bond donors (Lipinski definition) is 2. The molecule has 3 fully saturated rings. The molecular formula is C50H56BClN12O4. The number of carbonyl (C=O) groups excluding carboxylic acids is 2. The molecule has 6 aromatic rings. The number of amides is 4. The summed E-state index contributed by atoms with van der Waals surface area (Å²) in [6, 6.07) is 19.0. The fourth-order valence-electron chi connectivity index (χ4n) is 9.20. The van der Waals surface area contributed by atoms with Gasteiger partial charge in [0.1, 0.15) is 5.15 Å². The Morgan fingerprint density at radius 2 is 1.19 bits per heavy atom. The molecule has 68 heavy (non-hydrogen) atoms. The number of nitrogens with one attached hydrogen (secondary N) is 2. The van der Waals surface area contributed by atoms with Crippen molar-refractivity contribution in [2.45, 2.75) is 91.5 Å². The minimum Gasteiger partial charge on any atom is -0.399 e. The molecule has 5 aliphatic heterocycles. The first-order valence-corrected chi connectivity index (χ1v) is 23.3. The Labute approximate surface area is 402 Å². The van der Waals surface area contributed by atoms with E-state index in [9.17, 15) is 9.59 Å². The summed E-state index contributed by atoms with van der Waals surface area (Å²) in [5.74, 6) is 1.33. The van der Waals surface area contributed by atoms with Crippen LogP contribution in [0.4, 0.5) is 44.0 Å². The van der Waals surface area contributed by atoms with Crippen LogP contribution in [-0.4, -0.2) is 98.5 Å². The minimum atomic E-state index is -0.312. The summed E-state index contributed by atoms with van der Waals surface area (Å²) in [6.45, 7) is 19.9. The van der Waals surface area contributed by atoms with Crippen LogP contribution in [0.1, 0.15) is 63.1 Å². The normalized spacial score (nSPS) is 19.0. The fourth-order valence-corrected chi connectivity index (χ4v) is 9.34. The number of hydrogen-bond acceptors (Lipinski definition) is 12. The fraction of sp³-hybridized carbons (Fsp3) is 0.360. The van der Waals surface area contributed by atoms with Crippen molar-refractivity contribution < 1.29 is 18.9 Å². The molecule has 5 aliphatic rings. The molecular weight excluding hydrogens is 879 g/mol. The van der Waals surface area contributed by atoms with Crippen LogP contribution in [0.5, 0.6) is 0 Å². The highest BCUT2D eigenvalue weighted by Crippen LogP contribution is 2.42. The van der Waals surface area contributed by atoms with E-state index in [0.29, 0.717) is 28.2 Å². The number of rotatable bonds is 4. The maximum absolute atomic E-state index is 13.2. The molecule has 0 spiro atoms. The highest BCUT2D eigenvalue weighted by molar-refractivity contribution is 6.62. The second-order valence-electron chi connectivity index (χ2n) is 18.8. The van der Waals surface area contributed by atoms with Gasteiger partial charge in [0.25, 0.3) is 0 Å². The minimum absolute atomic E-state index is 0.110. The van der Waals surface area contributed by atoms with E-state index in [1.165, 1.54) is 0 Å². The summed E-state index contributed by atoms with van der Waals surface area (Å²) in [5.41, 5.74) is 9.82. The van der Waals surface area contributed by atoms with Crippen LogP contribution >= 0.6 is 11.6 Å². The number of fused-ring (bicyclic) bond motifs is 8. The van der Waals surface area contributed by atoms with Crippen molar-refractivity contribution in [2.75, 3.05) is 56.4 Å². The summed E-state index contributed by atoms with van der Waals surface area (Å²) in [4.78, 5) is 60.1. The first-order chi connectivity index (χ1) is 32.5. The summed E-state index contributed by atoms with van der Waals surface area (Å²) in [7, 11) is -0.312. The number of aryl methyl sites for hydroxylation is 4. The van der Waals surface area contributed by atoms with Crippen molar-refractivity contribution >= 4 is 70.6 Å². The van der Waals surface area contributed by atoms with Crippen LogP contribution in [0.2, 0.25) is 5.15 Å². The average Bonchev–Trinajstić information content (AvgIpc) is 3.98. The van der Waals surface area contributed by atoms with E-state index in [4.69, 9.17) is 25.9 Å². The zero-order valence-electron chi connectivity index (χ0n) is 39.7. The van der Waals surface area contributed by atoms with Crippen LogP contribution in [0.15, 0.2) is 97.8 Å². The van der Waals surface area contributed by atoms with Crippen molar-refractivity contribution in [2.24, 2.45) is 0 Å². The first-order valence-electron chi connectivity index (χ1n) is 23.0. The first kappa shape index (κ1) is 46.4. The quantitative estimate of drug-likeness (QED) is 0.128. The second kappa shape index (κ2) is 18.8. The van der Waals surface area contributed by atoms with Crippen molar-refractivity contribution in [3.8, 4) is 11.3 Å². The monoisotopic (exact) mass is 934 g/mol. The Balaban J connectivity index is 0.000000132. The van der Waals surface area contributed by atoms with Gasteiger partial charge in [-0.1, -0.05) is 11.6 Å². The van der Waals surface area contributed by atoms with Gasteiger partial charge in [-0.25, -0.2) is 19.6 Å². The molecule has 18 heteroatoms. The summed E-state index contributed by atoms with van der Waals surface area (Å²) in [6.07, 6.45) is 12.2. The molecule has 350 valence electrons. The largest absolute Gasteiger partial charge is 0.496 e. The number of nitrogens with zero attached hydrogens (tertiary/aromatic N) is 10. The van der Waals surface area contributed by atoms with Gasteiger partial charge in [-0.15, -0.1) is 0 Å². The molecule has 0 radical (unpaired) electrons. The van der Waals surface area contributed by atoms with Gasteiger partial charge in [0.15, 0.2) is 11.6 Å². The Morgan fingerprint density at radius 3 is 1.71 bits per heavy atom. The van der Waals surface area contributed by atoms with E-state index in [-0.39, 0.29) is 42.5 Å². The summed E-state index contributed by atoms with van der Waals surface area (Å²) in [5, 5.41) is 6.23. The van der Waals surface area contributed by atoms with Gasteiger partial charge in [-0.05, 0) is 140 Å². The zero-order valence-corrected chi connectivity index (χ0v) is 40.5. The lowest BCUT2D eigenvalue weighted by Crippen LogP contribution is -2.48. The summed E-state index contributed by atoms with van der Waals surface area (Å²) >= 11 is 6.02. The lowest BCUT2D eigenvalue weighted by atomic mass is 9.77. The molecule has 0 saturated carbocycles. The number of aromatic nitrogens is 6. The number of pyridine rings is 6. The Hall–Kier alpha value is -6.69. The number of halogens is 1. The lowest BCUT2D eigenvalue weighted by Gasteiger charge is -2.36. The predicted molar refractivity (Wildman–Crippen MR) is 268 cm³/mol. The van der Waals surface area contributed by atoms with E-state index in [1.807, 2.05) is 55.4 Å². The van der Waals surface area contributed by atoms with Crippen LogP contribution in [0, 0.1) is 27.7 Å². The standard InChI is InChI=1S/C22H22N6O.C15H14ClN5O.C13H20BNO2/c1-14-10-15(2)24-12-18(14)19-5-6-20-21(26-19)28(17-7-9-27(20)13-17)22(29)25-16-4-3-8-23-11-16;16-13-4-3-12-14(19-13)21(11-5-7-20(12)9-11)15(22)18-10-2-1-6-17-8-10;1-9-7-10(2)15-8-11(9)14-16-12(3,4)13(5,6)17-14/h3-6,8,10-12,17H,7,9,13H2,1-2H3,(H,25,29);1-4,6,8,11H,5,7,9H2,(H,18,22);7-8H,1-6H3/t17-;11-;/m00./s1. The van der Waals surface area contributed by atoms with E-state index < -0.39 is 0 Å². The molecule has 11 rings (SSSR count). The summed E-state index contributed by atoms with van der Waals surface area (Å²) < 4.78 is 12.0. The van der Waals surface area contributed by atoms with E-state index in [1.54, 1.807) is 47.9 Å². The molecule has 3 saturated heterocycles. The molecule has 0 aliphatic carbocycles. The highest BCUT2D eigenvalue weighted by atomic mass is 35.5. The van der Waals surface area contributed by atoms with Crippen molar-refractivity contribution in [1.29, 1.82) is 0 Å². The lowest BCUT2D eigenvalue weighted by molar-refractivity contribution is 0.00578. The molecule has 0 unspecified atom stereocenters. The third-order valence-electron chi connectivity index (χ3n) is 13.5. The van der Waals surface area contributed by atoms with E-state index in [0.717, 1.165) is 89.6 Å². The average molecular weight is 935 g/mol. The van der Waals surface area contributed by atoms with Gasteiger partial charge in [-0.3, -0.25) is 29.7 Å². The van der Waals surface area contributed by atoms with Crippen LogP contribution < -0.4 is 35.7 Å². The highest BCUT2D eigenvalue weighted by Gasteiger charge is 2.52. The van der Waals surface area contributed by atoms with Gasteiger partial charge >= 0.3 is 19.2 Å². The number of carbonyl (C=O) groups is 2. The van der Waals surface area contributed by atoms with Crippen molar-refractivity contribution in [1.82, 2.24) is 29.9 Å². The van der Waals surface area contributed by atoms with Crippen molar-refractivity contribution in [3.05, 3.63) is 126 Å². The van der Waals surface area contributed by atoms with E-state index in [2.05, 4.69) is 105 Å². The molecule has 0 aromatic carbocycles. The molecule has 11 heterocycles. The molecule has 16 nitrogen and oxygen atoms in total. The second-order valence-corrected chi connectivity index (χ2v) is 19.2. The number of anilines is 6. The molecule has 2 atom stereocenters. The molecule has 2 N–H and O–H groups in total. The molecule has 6 aromatic heterocycles. The van der Waals surface area contributed by atoms with Gasteiger partial charge < -0.3 is 29.7 Å². The predicted octanol–water partition coefficient (Wildman–Crippen LogP) is 8.54. The van der Waals surface area contributed by atoms with Crippen LogP contribution in [-0.2, 0) is 9.31 Å². The Bertz CT molecular complexity index is 2820. The van der Waals surface area contributed by atoms with Crippen LogP contribution in [0.3, 0.4) is 0 Å². The van der Waals surface area contributed by atoms with Gasteiger partial charge in [0.05, 0.1) is 64.1 Å². The maximum Gasteiger partial charge on any atom is 0.496 e. The Kier molecular flexibility index (Phi) is 12.8.